The molecule has 0 aliphatic carbocycles. The molecule has 4 rings (SSSR count). The lowest BCUT2D eigenvalue weighted by atomic mass is 9.60. The van der Waals surface area contributed by atoms with Crippen molar-refractivity contribution in [1.29, 1.82) is 0 Å². The molecular formula is C29H27NO7. The molecule has 8 nitrogen and oxygen atoms in total. The molecule has 0 spiro atoms. The van der Waals surface area contributed by atoms with Crippen LogP contribution in [-0.4, -0.2) is 56.4 Å². The number of ketones is 4. The zero-order valence-corrected chi connectivity index (χ0v) is 20.3. The number of ether oxygens (including phenoxy) is 1. The van der Waals surface area contributed by atoms with Crippen LogP contribution in [0.2, 0.25) is 0 Å². The topological polar surface area (TPSA) is 144 Å². The summed E-state index contributed by atoms with van der Waals surface area (Å²) >= 11 is 0. The van der Waals surface area contributed by atoms with E-state index in [1.807, 2.05) is 0 Å². The van der Waals surface area contributed by atoms with Crippen molar-refractivity contribution in [2.45, 2.75) is 36.9 Å². The third-order valence-electron chi connectivity index (χ3n) is 6.95. The normalized spacial score (nSPS) is 29.3. The molecule has 3 aromatic carbocycles. The van der Waals surface area contributed by atoms with E-state index in [4.69, 9.17) is 10.5 Å². The molecule has 2 unspecified atom stereocenters. The van der Waals surface area contributed by atoms with Crippen LogP contribution in [0.1, 0.15) is 44.9 Å². The summed E-state index contributed by atoms with van der Waals surface area (Å²) in [4.78, 5) is 54.5. The molecule has 8 heteroatoms. The Labute approximate surface area is 213 Å². The predicted molar refractivity (Wildman–Crippen MR) is 134 cm³/mol. The van der Waals surface area contributed by atoms with Crippen LogP contribution in [0.15, 0.2) is 91.0 Å². The zero-order chi connectivity index (χ0) is 27.0. The van der Waals surface area contributed by atoms with Crippen LogP contribution in [0, 0.1) is 5.92 Å². The molecule has 0 radical (unpaired) electrons. The molecule has 1 saturated heterocycles. The number of rotatable bonds is 7. The van der Waals surface area contributed by atoms with Crippen molar-refractivity contribution < 1.29 is 34.1 Å². The average molecular weight is 502 g/mol. The molecule has 0 saturated carbocycles. The van der Waals surface area contributed by atoms with Crippen molar-refractivity contribution in [3.8, 4) is 0 Å². The summed E-state index contributed by atoms with van der Waals surface area (Å²) in [6.45, 7) is 2.10. The molecule has 5 atom stereocenters. The number of benzene rings is 3. The lowest BCUT2D eigenvalue weighted by Gasteiger charge is -2.56. The van der Waals surface area contributed by atoms with E-state index in [2.05, 4.69) is 0 Å². The van der Waals surface area contributed by atoms with Gasteiger partial charge in [0.2, 0.25) is 5.79 Å². The molecule has 0 bridgehead atoms. The summed E-state index contributed by atoms with van der Waals surface area (Å²) in [5.74, 6) is -8.84. The minimum Gasteiger partial charge on any atom is -0.387 e. The highest BCUT2D eigenvalue weighted by Gasteiger charge is 2.73. The average Bonchev–Trinajstić information content (AvgIpc) is 2.92. The van der Waals surface area contributed by atoms with Crippen molar-refractivity contribution in [3.05, 3.63) is 108 Å². The van der Waals surface area contributed by atoms with Gasteiger partial charge >= 0.3 is 0 Å². The second kappa shape index (κ2) is 9.57. The van der Waals surface area contributed by atoms with Crippen LogP contribution in [0.25, 0.3) is 0 Å². The van der Waals surface area contributed by atoms with Crippen LogP contribution in [0.3, 0.4) is 0 Å². The standard InChI is InChI=1S/C29H27NO7/c1-18(31)29(36)23(22(32)19-12-6-3-7-13-19)28(30,25(34)21-16-10-5-11-17-21)26(35)27(2,37-29)24(33)20-14-8-4-9-15-20/h3-17,23,26,35-36H,30H2,1-2H3/t23?,26-,27+,28-,29?/m0/s1. The van der Waals surface area contributed by atoms with Gasteiger partial charge in [0.25, 0.3) is 0 Å². The Kier molecular flexibility index (Phi) is 6.79. The maximum absolute atomic E-state index is 14.0. The highest BCUT2D eigenvalue weighted by Crippen LogP contribution is 2.48. The molecule has 37 heavy (non-hydrogen) atoms. The number of hydrogen-bond donors (Lipinski definition) is 3. The molecule has 0 aromatic heterocycles. The van der Waals surface area contributed by atoms with Crippen molar-refractivity contribution in [3.63, 3.8) is 0 Å². The molecule has 4 N–H and O–H groups in total. The van der Waals surface area contributed by atoms with E-state index in [9.17, 15) is 29.4 Å². The van der Waals surface area contributed by atoms with Gasteiger partial charge in [-0.05, 0) is 6.92 Å². The van der Waals surface area contributed by atoms with Gasteiger partial charge in [-0.3, -0.25) is 19.2 Å². The first-order valence-corrected chi connectivity index (χ1v) is 11.7. The molecule has 3 aromatic rings. The number of carbonyl (C=O) groups excluding carboxylic acids is 4. The second-order valence-corrected chi connectivity index (χ2v) is 9.35. The third kappa shape index (κ3) is 4.14. The zero-order valence-electron chi connectivity index (χ0n) is 20.3. The molecule has 1 aliphatic rings. The van der Waals surface area contributed by atoms with Crippen LogP contribution in [0.4, 0.5) is 0 Å². The maximum Gasteiger partial charge on any atom is 0.239 e. The molecule has 1 heterocycles. The van der Waals surface area contributed by atoms with Crippen LogP contribution < -0.4 is 5.73 Å². The van der Waals surface area contributed by atoms with Gasteiger partial charge in [-0.25, -0.2) is 0 Å². The summed E-state index contributed by atoms with van der Waals surface area (Å²) < 4.78 is 5.74. The molecule has 190 valence electrons. The SMILES string of the molecule is CC(=O)C1(O)O[C@](C)(C(=O)c2ccccc2)[C@H](O)[C@@](N)(C(=O)c2ccccc2)C1C(=O)c1ccccc1. The fraction of sp³-hybridized carbons (Fsp3) is 0.241. The minimum absolute atomic E-state index is 0.0113. The number of hydrogen-bond acceptors (Lipinski definition) is 8. The summed E-state index contributed by atoms with van der Waals surface area (Å²) in [5.41, 5.74) is 1.79. The largest absolute Gasteiger partial charge is 0.387 e. The highest BCUT2D eigenvalue weighted by atomic mass is 16.7. The Morgan fingerprint density at radius 3 is 1.59 bits per heavy atom. The highest BCUT2D eigenvalue weighted by molar-refractivity contribution is 6.14. The Hall–Kier alpha value is -3.82. The first-order valence-electron chi connectivity index (χ1n) is 11.7. The van der Waals surface area contributed by atoms with Crippen LogP contribution >= 0.6 is 0 Å². The van der Waals surface area contributed by atoms with E-state index in [0.29, 0.717) is 0 Å². The number of carbonyl (C=O) groups is 4. The fourth-order valence-electron chi connectivity index (χ4n) is 4.96. The van der Waals surface area contributed by atoms with Gasteiger partial charge in [0.15, 0.2) is 28.7 Å². The van der Waals surface area contributed by atoms with Gasteiger partial charge < -0.3 is 20.7 Å². The number of Topliss-reactive ketones (excluding diaryl/α,β-unsaturated/α-hetero) is 4. The molecule has 1 aliphatic heterocycles. The van der Waals surface area contributed by atoms with Crippen molar-refractivity contribution >= 4 is 23.1 Å². The number of aliphatic hydroxyl groups excluding tert-OH is 1. The van der Waals surface area contributed by atoms with Crippen LogP contribution in [-0.2, 0) is 9.53 Å². The number of nitrogens with two attached hydrogens (primary N) is 1. The first-order chi connectivity index (χ1) is 17.5. The Morgan fingerprint density at radius 1 is 0.757 bits per heavy atom. The molecule has 1 fully saturated rings. The summed E-state index contributed by atoms with van der Waals surface area (Å²) in [6, 6.07) is 23.0. The summed E-state index contributed by atoms with van der Waals surface area (Å²) in [7, 11) is 0. The van der Waals surface area contributed by atoms with E-state index in [1.54, 1.807) is 54.6 Å². The van der Waals surface area contributed by atoms with E-state index in [1.165, 1.54) is 36.4 Å². The third-order valence-corrected chi connectivity index (χ3v) is 6.95. The van der Waals surface area contributed by atoms with Crippen molar-refractivity contribution in [2.24, 2.45) is 11.7 Å². The smallest absolute Gasteiger partial charge is 0.239 e. The van der Waals surface area contributed by atoms with Gasteiger partial charge in [-0.1, -0.05) is 91.0 Å². The van der Waals surface area contributed by atoms with Gasteiger partial charge in [0, 0.05) is 23.6 Å². The molecular weight excluding hydrogens is 474 g/mol. The monoisotopic (exact) mass is 501 g/mol. The van der Waals surface area contributed by atoms with E-state index < -0.39 is 52.1 Å². The van der Waals surface area contributed by atoms with E-state index >= 15 is 0 Å². The number of aliphatic hydroxyl groups is 2. The minimum atomic E-state index is -3.02. The second-order valence-electron chi connectivity index (χ2n) is 9.35. The Morgan fingerprint density at radius 2 is 1.16 bits per heavy atom. The molecule has 0 amide bonds. The van der Waals surface area contributed by atoms with E-state index in [0.717, 1.165) is 13.8 Å². The lowest BCUT2D eigenvalue weighted by molar-refractivity contribution is -0.306. The van der Waals surface area contributed by atoms with Gasteiger partial charge in [0.1, 0.15) is 17.6 Å². The first kappa shape index (κ1) is 26.2. The van der Waals surface area contributed by atoms with Gasteiger partial charge in [-0.2, -0.15) is 0 Å². The van der Waals surface area contributed by atoms with Crippen molar-refractivity contribution in [2.75, 3.05) is 0 Å². The maximum atomic E-state index is 14.0. The Bertz CT molecular complexity index is 1340. The van der Waals surface area contributed by atoms with Crippen molar-refractivity contribution in [1.82, 2.24) is 0 Å². The fourth-order valence-corrected chi connectivity index (χ4v) is 4.96. The van der Waals surface area contributed by atoms with Gasteiger partial charge in [-0.15, -0.1) is 0 Å². The lowest BCUT2D eigenvalue weighted by Crippen LogP contribution is -2.82. The van der Waals surface area contributed by atoms with Gasteiger partial charge in [0.05, 0.1) is 0 Å². The summed E-state index contributed by atoms with van der Waals surface area (Å²) in [5, 5.41) is 23.5. The summed E-state index contributed by atoms with van der Waals surface area (Å²) in [6.07, 6.45) is -2.14. The quantitative estimate of drug-likeness (QED) is 0.419. The van der Waals surface area contributed by atoms with Crippen LogP contribution in [0.5, 0.6) is 0 Å². The Balaban J connectivity index is 1.99. The van der Waals surface area contributed by atoms with E-state index in [-0.39, 0.29) is 16.7 Å². The predicted octanol–water partition coefficient (Wildman–Crippen LogP) is 2.38.